The molecule has 0 aliphatic rings. The van der Waals surface area contributed by atoms with E-state index in [1.807, 2.05) is 0 Å². The fourth-order valence-corrected chi connectivity index (χ4v) is 2.77. The highest BCUT2D eigenvalue weighted by Crippen LogP contribution is 2.27. The molecule has 0 aliphatic carbocycles. The molecular weight excluding hydrogens is 397 g/mol. The molecule has 2 aromatic carbocycles. The van der Waals surface area contributed by atoms with Gasteiger partial charge in [-0.3, -0.25) is 9.78 Å². The molecule has 0 bridgehead atoms. The van der Waals surface area contributed by atoms with Crippen molar-refractivity contribution in [1.82, 2.24) is 19.5 Å². The molecule has 0 fully saturated rings. The first kappa shape index (κ1) is 18.1. The molecule has 0 radical (unpaired) electrons. The second-order valence-electron chi connectivity index (χ2n) is 5.82. The summed E-state index contributed by atoms with van der Waals surface area (Å²) in [6.45, 7) is 0. The van der Waals surface area contributed by atoms with Crippen LogP contribution in [0.2, 0.25) is 5.02 Å². The van der Waals surface area contributed by atoms with Crippen molar-refractivity contribution in [2.45, 2.75) is 0 Å². The summed E-state index contributed by atoms with van der Waals surface area (Å²) in [4.78, 5) is 23.0. The van der Waals surface area contributed by atoms with E-state index in [1.54, 1.807) is 35.9 Å². The number of fused-ring (bicyclic) bond motifs is 1. The fraction of sp³-hybridized carbons (Fsp3) is 0.0556. The van der Waals surface area contributed by atoms with Crippen LogP contribution in [0.25, 0.3) is 22.6 Å². The third-order valence-electron chi connectivity index (χ3n) is 4.02. The summed E-state index contributed by atoms with van der Waals surface area (Å²) in [6, 6.07) is 8.00. The SMILES string of the molecule is Cn1c(-c2ccc(Cl)cc2)nc2c(=O)[nH]c(Oc3ccc(F)c(F)c3F)nc21. The molecule has 0 amide bonds. The maximum atomic E-state index is 13.8. The summed E-state index contributed by atoms with van der Waals surface area (Å²) in [5, 5.41) is 0.544. The Morgan fingerprint density at radius 1 is 1.04 bits per heavy atom. The van der Waals surface area contributed by atoms with Gasteiger partial charge in [-0.15, -0.1) is 0 Å². The van der Waals surface area contributed by atoms with Gasteiger partial charge < -0.3 is 9.30 Å². The average Bonchev–Trinajstić information content (AvgIpc) is 3.00. The van der Waals surface area contributed by atoms with E-state index in [4.69, 9.17) is 16.3 Å². The molecule has 2 heterocycles. The normalized spacial score (nSPS) is 11.2. The molecule has 4 aromatic rings. The molecule has 0 spiro atoms. The lowest BCUT2D eigenvalue weighted by Crippen LogP contribution is -2.10. The van der Waals surface area contributed by atoms with Gasteiger partial charge in [-0.05, 0) is 36.4 Å². The predicted molar refractivity (Wildman–Crippen MR) is 96.0 cm³/mol. The number of nitrogens with zero attached hydrogens (tertiary/aromatic N) is 3. The Kier molecular flexibility index (Phi) is 4.31. The summed E-state index contributed by atoms with van der Waals surface area (Å²) in [7, 11) is 1.63. The monoisotopic (exact) mass is 406 g/mol. The van der Waals surface area contributed by atoms with Crippen molar-refractivity contribution < 1.29 is 17.9 Å². The number of aryl methyl sites for hydroxylation is 1. The third kappa shape index (κ3) is 2.99. The number of imidazole rings is 1. The molecule has 142 valence electrons. The Bertz CT molecular complexity index is 1270. The Hall–Kier alpha value is -3.33. The summed E-state index contributed by atoms with van der Waals surface area (Å²) in [5.74, 6) is -4.76. The van der Waals surface area contributed by atoms with Gasteiger partial charge in [-0.25, -0.2) is 13.8 Å². The lowest BCUT2D eigenvalue weighted by molar-refractivity contribution is 0.378. The van der Waals surface area contributed by atoms with Crippen molar-refractivity contribution in [2.75, 3.05) is 0 Å². The van der Waals surface area contributed by atoms with Crippen LogP contribution >= 0.6 is 11.6 Å². The number of aromatic nitrogens is 4. The zero-order chi connectivity index (χ0) is 20.0. The van der Waals surface area contributed by atoms with Gasteiger partial charge in [0.1, 0.15) is 5.82 Å². The smallest absolute Gasteiger partial charge is 0.304 e. The number of rotatable bonds is 3. The maximum Gasteiger partial charge on any atom is 0.304 e. The van der Waals surface area contributed by atoms with E-state index in [2.05, 4.69) is 15.0 Å². The zero-order valence-corrected chi connectivity index (χ0v) is 14.9. The van der Waals surface area contributed by atoms with Crippen LogP contribution < -0.4 is 10.3 Å². The van der Waals surface area contributed by atoms with E-state index in [0.717, 1.165) is 6.07 Å². The van der Waals surface area contributed by atoms with Gasteiger partial charge in [-0.1, -0.05) is 11.6 Å². The van der Waals surface area contributed by atoms with E-state index >= 15 is 0 Å². The molecule has 0 saturated heterocycles. The maximum absolute atomic E-state index is 13.8. The molecule has 2 aromatic heterocycles. The molecule has 0 atom stereocenters. The van der Waals surface area contributed by atoms with Gasteiger partial charge in [0.2, 0.25) is 5.82 Å². The van der Waals surface area contributed by atoms with Crippen molar-refractivity contribution in [1.29, 1.82) is 0 Å². The van der Waals surface area contributed by atoms with E-state index in [1.165, 1.54) is 0 Å². The number of aromatic amines is 1. The van der Waals surface area contributed by atoms with Crippen LogP contribution in [0.1, 0.15) is 0 Å². The van der Waals surface area contributed by atoms with Gasteiger partial charge >= 0.3 is 6.01 Å². The summed E-state index contributed by atoms with van der Waals surface area (Å²) < 4.78 is 46.9. The first-order chi connectivity index (χ1) is 13.3. The fourth-order valence-electron chi connectivity index (χ4n) is 2.65. The number of benzene rings is 2. The predicted octanol–water partition coefficient (Wildman–Crippen LogP) is 4.19. The Morgan fingerprint density at radius 3 is 2.46 bits per heavy atom. The zero-order valence-electron chi connectivity index (χ0n) is 14.1. The van der Waals surface area contributed by atoms with Gasteiger partial charge in [0, 0.05) is 17.6 Å². The van der Waals surface area contributed by atoms with Crippen LogP contribution in [0, 0.1) is 17.5 Å². The van der Waals surface area contributed by atoms with Crippen molar-refractivity contribution in [2.24, 2.45) is 7.05 Å². The first-order valence-corrected chi connectivity index (χ1v) is 8.27. The molecule has 0 aliphatic heterocycles. The van der Waals surface area contributed by atoms with E-state index in [0.29, 0.717) is 22.5 Å². The minimum atomic E-state index is -1.69. The van der Waals surface area contributed by atoms with E-state index in [-0.39, 0.29) is 11.2 Å². The quantitative estimate of drug-likeness (QED) is 0.518. The number of hydrogen-bond donors (Lipinski definition) is 1. The largest absolute Gasteiger partial charge is 0.422 e. The molecule has 0 saturated carbocycles. The van der Waals surface area contributed by atoms with Gasteiger partial charge in [0.15, 0.2) is 28.5 Å². The van der Waals surface area contributed by atoms with Crippen LogP contribution in [0.4, 0.5) is 13.2 Å². The van der Waals surface area contributed by atoms with Crippen LogP contribution in [0.5, 0.6) is 11.8 Å². The Balaban J connectivity index is 1.80. The summed E-state index contributed by atoms with van der Waals surface area (Å²) in [6.07, 6.45) is 0. The highest BCUT2D eigenvalue weighted by atomic mass is 35.5. The first-order valence-electron chi connectivity index (χ1n) is 7.89. The number of hydrogen-bond acceptors (Lipinski definition) is 4. The summed E-state index contributed by atoms with van der Waals surface area (Å²) in [5.41, 5.74) is 0.245. The average molecular weight is 407 g/mol. The standard InChI is InChI=1S/C18H10ClF3N4O2/c1-26-15(8-2-4-9(19)5-3-8)23-14-16(26)24-18(25-17(14)27)28-11-7-6-10(20)12(21)13(11)22/h2-7H,1H3,(H,24,25,27). The lowest BCUT2D eigenvalue weighted by Gasteiger charge is -2.06. The van der Waals surface area contributed by atoms with Crippen LogP contribution in [0.3, 0.4) is 0 Å². The molecule has 1 N–H and O–H groups in total. The number of ether oxygens (including phenoxy) is 1. The van der Waals surface area contributed by atoms with Crippen molar-refractivity contribution in [3.05, 3.63) is 69.2 Å². The van der Waals surface area contributed by atoms with Gasteiger partial charge in [0.25, 0.3) is 5.56 Å². The van der Waals surface area contributed by atoms with Gasteiger partial charge in [0.05, 0.1) is 0 Å². The van der Waals surface area contributed by atoms with E-state index in [9.17, 15) is 18.0 Å². The molecule has 4 rings (SSSR count). The minimum absolute atomic E-state index is 0.0329. The number of nitrogens with one attached hydrogen (secondary N) is 1. The number of halogens is 4. The highest BCUT2D eigenvalue weighted by molar-refractivity contribution is 6.30. The Labute approximate surface area is 160 Å². The highest BCUT2D eigenvalue weighted by Gasteiger charge is 2.19. The van der Waals surface area contributed by atoms with Crippen molar-refractivity contribution in [3.63, 3.8) is 0 Å². The molecular formula is C18H10ClF3N4O2. The second-order valence-corrected chi connectivity index (χ2v) is 6.26. The molecule has 6 nitrogen and oxygen atoms in total. The van der Waals surface area contributed by atoms with E-state index < -0.39 is 34.8 Å². The van der Waals surface area contributed by atoms with Crippen molar-refractivity contribution in [3.8, 4) is 23.1 Å². The van der Waals surface area contributed by atoms with Crippen molar-refractivity contribution >= 4 is 22.8 Å². The van der Waals surface area contributed by atoms with Crippen LogP contribution in [-0.2, 0) is 7.05 Å². The summed E-state index contributed by atoms with van der Waals surface area (Å²) >= 11 is 5.88. The molecule has 10 heteroatoms. The minimum Gasteiger partial charge on any atom is -0.422 e. The molecule has 0 unspecified atom stereocenters. The van der Waals surface area contributed by atoms with Crippen LogP contribution in [-0.4, -0.2) is 19.5 Å². The third-order valence-corrected chi connectivity index (χ3v) is 4.27. The number of H-pyrrole nitrogens is 1. The van der Waals surface area contributed by atoms with Gasteiger partial charge in [-0.2, -0.15) is 9.37 Å². The topological polar surface area (TPSA) is 72.8 Å². The van der Waals surface area contributed by atoms with Crippen LogP contribution in [0.15, 0.2) is 41.2 Å². The second kappa shape index (κ2) is 6.68. The lowest BCUT2D eigenvalue weighted by atomic mass is 10.2. The molecule has 28 heavy (non-hydrogen) atoms. The Morgan fingerprint density at radius 2 is 1.75 bits per heavy atom.